The molecule has 2 aromatic rings. The third-order valence-electron chi connectivity index (χ3n) is 9.91. The third kappa shape index (κ3) is 6.08. The van der Waals surface area contributed by atoms with E-state index in [1.165, 1.54) is 4.68 Å². The van der Waals surface area contributed by atoms with E-state index in [4.69, 9.17) is 16.3 Å². The van der Waals surface area contributed by atoms with Gasteiger partial charge in [0.25, 0.3) is 11.8 Å². The van der Waals surface area contributed by atoms with E-state index in [-0.39, 0.29) is 37.1 Å². The van der Waals surface area contributed by atoms with Crippen LogP contribution in [-0.4, -0.2) is 81.2 Å². The Bertz CT molecular complexity index is 1650. The van der Waals surface area contributed by atoms with Gasteiger partial charge >= 0.3 is 5.97 Å². The van der Waals surface area contributed by atoms with Gasteiger partial charge in [0, 0.05) is 55.3 Å². The van der Waals surface area contributed by atoms with Crippen LogP contribution >= 0.6 is 11.6 Å². The number of aromatic nitrogens is 2. The predicted molar refractivity (Wildman–Crippen MR) is 175 cm³/mol. The maximum absolute atomic E-state index is 14.6. The highest BCUT2D eigenvalue weighted by Crippen LogP contribution is 2.53. The number of halogens is 1. The largest absolute Gasteiger partial charge is 0.460 e. The van der Waals surface area contributed by atoms with Crippen molar-refractivity contribution in [3.05, 3.63) is 51.8 Å². The molecule has 0 spiro atoms. The first-order chi connectivity index (χ1) is 21.2. The van der Waals surface area contributed by atoms with E-state index in [9.17, 15) is 22.8 Å². The Morgan fingerprint density at radius 3 is 2.35 bits per heavy atom. The van der Waals surface area contributed by atoms with Crippen molar-refractivity contribution in [2.75, 3.05) is 19.6 Å². The van der Waals surface area contributed by atoms with Gasteiger partial charge < -0.3 is 20.3 Å². The number of ether oxygens (including phenoxy) is 1. The van der Waals surface area contributed by atoms with Crippen molar-refractivity contribution in [1.29, 1.82) is 0 Å². The summed E-state index contributed by atoms with van der Waals surface area (Å²) in [5.41, 5.74) is 0.551. The van der Waals surface area contributed by atoms with Gasteiger partial charge in [-0.2, -0.15) is 5.10 Å². The zero-order valence-corrected chi connectivity index (χ0v) is 29.6. The van der Waals surface area contributed by atoms with Gasteiger partial charge in [-0.15, -0.1) is 0 Å². The summed E-state index contributed by atoms with van der Waals surface area (Å²) in [5.74, 6) is -2.35. The molecule has 2 amide bonds. The first-order valence-corrected chi connectivity index (χ1v) is 17.7. The number of nitrogens with one attached hydrogen (secondary N) is 2. The topological polar surface area (TPSA) is 140 Å². The molecule has 46 heavy (non-hydrogen) atoms. The number of benzene rings is 1. The Morgan fingerprint density at radius 2 is 1.76 bits per heavy atom. The molecule has 1 saturated heterocycles. The second kappa shape index (κ2) is 11.6. The zero-order chi connectivity index (χ0) is 34.0. The van der Waals surface area contributed by atoms with Crippen LogP contribution in [0.1, 0.15) is 93.4 Å². The number of aryl methyl sites for hydroxylation is 1. The minimum atomic E-state index is -3.86. The van der Waals surface area contributed by atoms with Gasteiger partial charge in [0.1, 0.15) is 11.3 Å². The van der Waals surface area contributed by atoms with E-state index in [2.05, 4.69) is 15.7 Å². The van der Waals surface area contributed by atoms with Crippen LogP contribution in [0.25, 0.3) is 0 Å². The molecule has 5 rings (SSSR count). The van der Waals surface area contributed by atoms with E-state index in [1.807, 2.05) is 26.0 Å². The molecular weight excluding hydrogens is 630 g/mol. The summed E-state index contributed by atoms with van der Waals surface area (Å²) in [6, 6.07) is 7.14. The first kappa shape index (κ1) is 34.4. The predicted octanol–water partition coefficient (Wildman–Crippen LogP) is 3.68. The van der Waals surface area contributed by atoms with Crippen molar-refractivity contribution in [3.8, 4) is 0 Å². The van der Waals surface area contributed by atoms with Crippen LogP contribution in [0.2, 0.25) is 5.02 Å². The van der Waals surface area contributed by atoms with Gasteiger partial charge in [-0.05, 0) is 85.4 Å². The average molecular weight is 676 g/mol. The zero-order valence-electron chi connectivity index (χ0n) is 28.0. The lowest BCUT2D eigenvalue weighted by Gasteiger charge is -2.41. The van der Waals surface area contributed by atoms with Crippen LogP contribution < -0.4 is 10.6 Å². The van der Waals surface area contributed by atoms with Crippen LogP contribution in [0, 0.1) is 11.8 Å². The molecule has 2 N–H and O–H groups in total. The van der Waals surface area contributed by atoms with E-state index in [0.717, 1.165) is 5.56 Å². The minimum absolute atomic E-state index is 0.0426. The highest BCUT2D eigenvalue weighted by Gasteiger charge is 2.66. The van der Waals surface area contributed by atoms with E-state index in [0.29, 0.717) is 42.1 Å². The highest BCUT2D eigenvalue weighted by molar-refractivity contribution is 7.94. The fraction of sp³-hybridized carbons (Fsp3) is 0.636. The first-order valence-electron chi connectivity index (χ1n) is 15.8. The van der Waals surface area contributed by atoms with Crippen molar-refractivity contribution in [3.63, 3.8) is 0 Å². The van der Waals surface area contributed by atoms with Crippen LogP contribution in [-0.2, 0) is 39.4 Å². The lowest BCUT2D eigenvalue weighted by atomic mass is 9.77. The summed E-state index contributed by atoms with van der Waals surface area (Å²) in [4.78, 5) is 42.0. The van der Waals surface area contributed by atoms with Crippen LogP contribution in [0.3, 0.4) is 0 Å². The van der Waals surface area contributed by atoms with Crippen LogP contribution in [0.4, 0.5) is 0 Å². The molecule has 1 saturated carbocycles. The molecule has 3 aliphatic rings. The molecule has 1 unspecified atom stereocenters. The van der Waals surface area contributed by atoms with Crippen molar-refractivity contribution in [1.82, 2.24) is 25.3 Å². The summed E-state index contributed by atoms with van der Waals surface area (Å²) in [7, 11) is -2.24. The summed E-state index contributed by atoms with van der Waals surface area (Å²) in [6.45, 7) is 13.6. The molecule has 252 valence electrons. The Morgan fingerprint density at radius 1 is 1.13 bits per heavy atom. The number of fused-ring (bicyclic) bond motifs is 1. The lowest BCUT2D eigenvalue weighted by molar-refractivity contribution is -0.163. The lowest BCUT2D eigenvalue weighted by Crippen LogP contribution is -2.55. The second-order valence-corrected chi connectivity index (χ2v) is 18.5. The number of sulfone groups is 1. The normalized spacial score (nSPS) is 22.4. The molecule has 1 aromatic heterocycles. The number of nitrogens with zero attached hydrogens (tertiary/aromatic N) is 3. The fourth-order valence-electron chi connectivity index (χ4n) is 7.10. The van der Waals surface area contributed by atoms with Gasteiger partial charge in [-0.25, -0.2) is 8.42 Å². The molecule has 2 atom stereocenters. The van der Waals surface area contributed by atoms with Crippen molar-refractivity contribution >= 4 is 39.2 Å². The maximum Gasteiger partial charge on any atom is 0.311 e. The van der Waals surface area contributed by atoms with Gasteiger partial charge in [0.2, 0.25) is 0 Å². The standard InChI is InChI=1S/C33H46ClN5O6S/c1-30(2,3)45-29(42)24-23(18-36-31(24,4)5)32(6,7)46(43,44)33(14-15-33)19-39-16-13-22-25(37-38(8)26(22)28(39)41)27(40)35-17-20-9-11-21(34)12-10-20/h9-12,23-24,36H,13-19H2,1-8H3,(H,35,40)/t23?,24-/m0/s1. The van der Waals surface area contributed by atoms with Crippen molar-refractivity contribution < 1.29 is 27.5 Å². The molecule has 11 nitrogen and oxygen atoms in total. The van der Waals surface area contributed by atoms with Gasteiger partial charge in [-0.1, -0.05) is 23.7 Å². The SMILES string of the molecule is Cn1nc(C(=O)NCc2ccc(Cl)cc2)c2c1C(=O)N(CC1(S(=O)(=O)C(C)(C)C3CNC(C)(C)[C@@H]3C(=O)OC(C)(C)C)CC1)CC2. The number of carbonyl (C=O) groups is 3. The Labute approximate surface area is 276 Å². The molecule has 13 heteroatoms. The molecule has 0 radical (unpaired) electrons. The third-order valence-corrected chi connectivity index (χ3v) is 13.5. The molecule has 1 aliphatic carbocycles. The molecule has 0 bridgehead atoms. The molecule has 2 fully saturated rings. The molecule has 2 aliphatic heterocycles. The van der Waals surface area contributed by atoms with Gasteiger partial charge in [0.15, 0.2) is 15.5 Å². The van der Waals surface area contributed by atoms with Gasteiger partial charge in [-0.3, -0.25) is 19.1 Å². The quantitative estimate of drug-likeness (QED) is 0.384. The number of carbonyl (C=O) groups excluding carboxylic acids is 3. The van der Waals surface area contributed by atoms with Crippen molar-refractivity contribution in [2.45, 2.75) is 94.9 Å². The Kier molecular flexibility index (Phi) is 8.69. The van der Waals surface area contributed by atoms with Crippen LogP contribution in [0.15, 0.2) is 24.3 Å². The summed E-state index contributed by atoms with van der Waals surface area (Å²) >= 11 is 5.96. The summed E-state index contributed by atoms with van der Waals surface area (Å²) in [5, 5.41) is 11.2. The number of esters is 1. The van der Waals surface area contributed by atoms with E-state index < -0.39 is 48.3 Å². The minimum Gasteiger partial charge on any atom is -0.460 e. The van der Waals surface area contributed by atoms with E-state index in [1.54, 1.807) is 58.7 Å². The van der Waals surface area contributed by atoms with Crippen molar-refractivity contribution in [2.24, 2.45) is 18.9 Å². The Hall–Kier alpha value is -2.96. The highest BCUT2D eigenvalue weighted by atomic mass is 35.5. The Balaban J connectivity index is 1.34. The monoisotopic (exact) mass is 675 g/mol. The summed E-state index contributed by atoms with van der Waals surface area (Å²) < 4.78 is 34.0. The van der Waals surface area contributed by atoms with Crippen LogP contribution in [0.5, 0.6) is 0 Å². The fourth-order valence-corrected chi connectivity index (χ4v) is 9.93. The van der Waals surface area contributed by atoms with Gasteiger partial charge in [0.05, 0.1) is 15.4 Å². The summed E-state index contributed by atoms with van der Waals surface area (Å²) in [6.07, 6.45) is 1.24. The van der Waals surface area contributed by atoms with E-state index >= 15 is 0 Å². The number of hydrogen-bond acceptors (Lipinski definition) is 8. The number of hydrogen-bond donors (Lipinski definition) is 2. The maximum atomic E-state index is 14.6. The smallest absolute Gasteiger partial charge is 0.311 e. The molecule has 1 aromatic carbocycles. The molecule has 3 heterocycles. The number of amides is 2. The molecular formula is C33H46ClN5O6S. The number of rotatable bonds is 9. The average Bonchev–Trinajstić information content (AvgIpc) is 3.55. The second-order valence-electron chi connectivity index (χ2n) is 15.1.